The lowest BCUT2D eigenvalue weighted by Gasteiger charge is -2.16. The van der Waals surface area contributed by atoms with Crippen molar-refractivity contribution in [3.05, 3.63) is 46.6 Å². The lowest BCUT2D eigenvalue weighted by Crippen LogP contribution is -2.21. The van der Waals surface area contributed by atoms with Crippen molar-refractivity contribution in [1.82, 2.24) is 19.5 Å². The van der Waals surface area contributed by atoms with Crippen LogP contribution in [0.1, 0.15) is 19.5 Å². The Bertz CT molecular complexity index is 1100. The predicted octanol–water partition coefficient (Wildman–Crippen LogP) is 3.17. The van der Waals surface area contributed by atoms with E-state index in [1.165, 1.54) is 24.1 Å². The Balaban J connectivity index is 2.00. The van der Waals surface area contributed by atoms with Crippen molar-refractivity contribution < 1.29 is 18.3 Å². The van der Waals surface area contributed by atoms with Crippen molar-refractivity contribution in [2.45, 2.75) is 20.0 Å². The second-order valence-electron chi connectivity index (χ2n) is 6.15. The molecule has 0 saturated heterocycles. The molecule has 0 fully saturated rings. The Morgan fingerprint density at radius 1 is 1.10 bits per heavy atom. The van der Waals surface area contributed by atoms with Gasteiger partial charge in [0.1, 0.15) is 17.0 Å². The van der Waals surface area contributed by atoms with Crippen molar-refractivity contribution in [2.24, 2.45) is 7.05 Å². The molecule has 0 saturated carbocycles. The summed E-state index contributed by atoms with van der Waals surface area (Å²) < 4.78 is 30.0. The zero-order valence-corrected chi connectivity index (χ0v) is 17.7. The van der Waals surface area contributed by atoms with Crippen LogP contribution in [0.15, 0.2) is 35.4 Å². The van der Waals surface area contributed by atoms with Crippen LogP contribution >= 0.6 is 7.60 Å². The zero-order chi connectivity index (χ0) is 21.0. The Morgan fingerprint density at radius 2 is 1.83 bits per heavy atom. The maximum absolute atomic E-state index is 12.7. The van der Waals surface area contributed by atoms with Gasteiger partial charge in [-0.3, -0.25) is 18.9 Å². The highest BCUT2D eigenvalue weighted by Crippen LogP contribution is 2.50. The van der Waals surface area contributed by atoms with E-state index in [1.807, 2.05) is 0 Å². The summed E-state index contributed by atoms with van der Waals surface area (Å²) in [5.74, 6) is 0.851. The summed E-state index contributed by atoms with van der Waals surface area (Å²) >= 11 is 0. The fourth-order valence-electron chi connectivity index (χ4n) is 2.93. The summed E-state index contributed by atoms with van der Waals surface area (Å²) in [6.45, 7) is 4.04. The van der Waals surface area contributed by atoms with E-state index in [1.54, 1.807) is 39.1 Å². The van der Waals surface area contributed by atoms with Gasteiger partial charge in [0, 0.05) is 13.2 Å². The van der Waals surface area contributed by atoms with E-state index in [0.29, 0.717) is 33.9 Å². The molecular formula is C19H23N4O5P. The fraction of sp³-hybridized carbons (Fsp3) is 0.368. The lowest BCUT2D eigenvalue weighted by molar-refractivity contribution is 0.219. The van der Waals surface area contributed by atoms with E-state index in [0.717, 1.165) is 0 Å². The van der Waals surface area contributed by atoms with Crippen molar-refractivity contribution in [2.75, 3.05) is 20.3 Å². The van der Waals surface area contributed by atoms with Gasteiger partial charge in [-0.2, -0.15) is 0 Å². The summed E-state index contributed by atoms with van der Waals surface area (Å²) in [6.07, 6.45) is 2.99. The molecule has 0 unspecified atom stereocenters. The number of methoxy groups -OCH3 is 1. The molecule has 154 valence electrons. The molecule has 10 heteroatoms. The largest absolute Gasteiger partial charge is 0.494 e. The summed E-state index contributed by atoms with van der Waals surface area (Å²) in [5.41, 5.74) is 1.11. The first-order valence-corrected chi connectivity index (χ1v) is 10.9. The number of benzene rings is 1. The standard InChI is InChI=1S/C19H23N4O5P/c1-5-27-29(25,28-6-2)12-13-10-21-15(11-20-13)18-22-17-14(19(24)23(18)3)8-7-9-16(17)26-4/h7-11H,5-6,12H2,1-4H3. The quantitative estimate of drug-likeness (QED) is 0.514. The normalized spacial score (nSPS) is 11.7. The van der Waals surface area contributed by atoms with Crippen LogP contribution in [0.4, 0.5) is 0 Å². The molecule has 1 aromatic carbocycles. The van der Waals surface area contributed by atoms with Crippen molar-refractivity contribution in [1.29, 1.82) is 0 Å². The maximum Gasteiger partial charge on any atom is 0.336 e. The average Bonchev–Trinajstić information content (AvgIpc) is 2.71. The molecule has 0 atom stereocenters. The van der Waals surface area contributed by atoms with Crippen molar-refractivity contribution in [3.8, 4) is 17.3 Å². The summed E-state index contributed by atoms with van der Waals surface area (Å²) in [6, 6.07) is 5.19. The van der Waals surface area contributed by atoms with Crippen LogP contribution in [-0.2, 0) is 26.8 Å². The van der Waals surface area contributed by atoms with Crippen molar-refractivity contribution in [3.63, 3.8) is 0 Å². The predicted molar refractivity (Wildman–Crippen MR) is 109 cm³/mol. The van der Waals surface area contributed by atoms with Crippen LogP contribution in [0.2, 0.25) is 0 Å². The van der Waals surface area contributed by atoms with Gasteiger partial charge >= 0.3 is 7.60 Å². The molecule has 0 bridgehead atoms. The molecule has 0 aliphatic rings. The fourth-order valence-corrected chi connectivity index (χ4v) is 4.54. The average molecular weight is 418 g/mol. The molecular weight excluding hydrogens is 395 g/mol. The first-order valence-electron chi connectivity index (χ1n) is 9.15. The Labute approximate surface area is 168 Å². The number of hydrogen-bond donors (Lipinski definition) is 0. The van der Waals surface area contributed by atoms with Crippen LogP contribution in [0.25, 0.3) is 22.4 Å². The van der Waals surface area contributed by atoms with Gasteiger partial charge in [0.25, 0.3) is 5.56 Å². The van der Waals surface area contributed by atoms with Crippen LogP contribution in [-0.4, -0.2) is 39.8 Å². The third-order valence-electron chi connectivity index (χ3n) is 4.23. The minimum Gasteiger partial charge on any atom is -0.494 e. The van der Waals surface area contributed by atoms with E-state index in [4.69, 9.17) is 13.8 Å². The second-order valence-corrected chi connectivity index (χ2v) is 8.21. The zero-order valence-electron chi connectivity index (χ0n) is 16.8. The highest BCUT2D eigenvalue weighted by atomic mass is 31.2. The minimum absolute atomic E-state index is 0.0138. The number of nitrogens with zero attached hydrogens (tertiary/aromatic N) is 4. The first kappa shape index (κ1) is 21.1. The van der Waals surface area contributed by atoms with Gasteiger partial charge in [-0.15, -0.1) is 0 Å². The smallest absolute Gasteiger partial charge is 0.336 e. The number of rotatable bonds is 8. The van der Waals surface area contributed by atoms with E-state index >= 15 is 0 Å². The first-order chi connectivity index (χ1) is 13.9. The SMILES string of the molecule is CCOP(=O)(Cc1cnc(-c2nc3c(OC)cccc3c(=O)n2C)cn1)OCC. The Kier molecular flexibility index (Phi) is 6.42. The molecule has 2 aromatic heterocycles. The second kappa shape index (κ2) is 8.82. The molecule has 0 aliphatic heterocycles. The highest BCUT2D eigenvalue weighted by molar-refractivity contribution is 7.53. The van der Waals surface area contributed by atoms with E-state index in [-0.39, 0.29) is 24.9 Å². The molecule has 0 radical (unpaired) electrons. The van der Waals surface area contributed by atoms with Gasteiger partial charge < -0.3 is 13.8 Å². The van der Waals surface area contributed by atoms with Crippen LogP contribution < -0.4 is 10.3 Å². The lowest BCUT2D eigenvalue weighted by atomic mass is 10.2. The molecule has 0 N–H and O–H groups in total. The van der Waals surface area contributed by atoms with Crippen LogP contribution in [0.3, 0.4) is 0 Å². The maximum atomic E-state index is 12.7. The Hall–Kier alpha value is -2.61. The molecule has 3 rings (SSSR count). The third-order valence-corrected chi connectivity index (χ3v) is 6.25. The topological polar surface area (TPSA) is 105 Å². The highest BCUT2D eigenvalue weighted by Gasteiger charge is 2.25. The number of ether oxygens (including phenoxy) is 1. The molecule has 0 amide bonds. The molecule has 0 spiro atoms. The van der Waals surface area contributed by atoms with Gasteiger partial charge in [0.15, 0.2) is 5.82 Å². The van der Waals surface area contributed by atoms with Crippen LogP contribution in [0.5, 0.6) is 5.75 Å². The van der Waals surface area contributed by atoms with E-state index < -0.39 is 7.60 Å². The summed E-state index contributed by atoms with van der Waals surface area (Å²) in [7, 11) is -0.131. The number of hydrogen-bond acceptors (Lipinski definition) is 8. The van der Waals surface area contributed by atoms with Gasteiger partial charge in [0.2, 0.25) is 0 Å². The molecule has 9 nitrogen and oxygen atoms in total. The number of para-hydroxylation sites is 1. The molecule has 3 aromatic rings. The van der Waals surface area contributed by atoms with Gasteiger partial charge in [0.05, 0.1) is 43.8 Å². The number of aromatic nitrogens is 4. The molecule has 0 aliphatic carbocycles. The van der Waals surface area contributed by atoms with Gasteiger partial charge in [-0.05, 0) is 26.0 Å². The number of fused-ring (bicyclic) bond motifs is 1. The van der Waals surface area contributed by atoms with Crippen molar-refractivity contribution >= 4 is 18.5 Å². The van der Waals surface area contributed by atoms with Gasteiger partial charge in [-0.25, -0.2) is 9.97 Å². The monoisotopic (exact) mass is 418 g/mol. The van der Waals surface area contributed by atoms with E-state index in [9.17, 15) is 9.36 Å². The minimum atomic E-state index is -3.28. The van der Waals surface area contributed by atoms with Gasteiger partial charge in [-0.1, -0.05) is 6.07 Å². The molecule has 2 heterocycles. The summed E-state index contributed by atoms with van der Waals surface area (Å²) in [4.78, 5) is 26.0. The third kappa shape index (κ3) is 4.37. The summed E-state index contributed by atoms with van der Waals surface area (Å²) in [5, 5.41) is 0.453. The van der Waals surface area contributed by atoms with Crippen LogP contribution in [0, 0.1) is 0 Å². The molecule has 29 heavy (non-hydrogen) atoms. The Morgan fingerprint density at radius 3 is 2.41 bits per heavy atom. The van der Waals surface area contributed by atoms with E-state index in [2.05, 4.69) is 15.0 Å².